The van der Waals surface area contributed by atoms with Gasteiger partial charge in [-0.25, -0.2) is 9.97 Å². The molecule has 0 aliphatic heterocycles. The molecule has 1 N–H and O–H groups in total. The second-order valence-electron chi connectivity index (χ2n) is 5.54. The first kappa shape index (κ1) is 13.9. The van der Waals surface area contributed by atoms with Gasteiger partial charge in [-0.2, -0.15) is 0 Å². The van der Waals surface area contributed by atoms with E-state index in [4.69, 9.17) is 4.74 Å². The van der Waals surface area contributed by atoms with Crippen LogP contribution in [0.2, 0.25) is 0 Å². The topological polar surface area (TPSA) is 47.0 Å². The molecular weight excluding hydrogens is 262 g/mol. The summed E-state index contributed by atoms with van der Waals surface area (Å²) in [7, 11) is 0. The molecule has 1 fully saturated rings. The Morgan fingerprint density at radius 2 is 2.10 bits per heavy atom. The van der Waals surface area contributed by atoms with E-state index in [-0.39, 0.29) is 0 Å². The highest BCUT2D eigenvalue weighted by molar-refractivity contribution is 5.43. The largest absolute Gasteiger partial charge is 0.494 e. The van der Waals surface area contributed by atoms with E-state index in [1.54, 1.807) is 0 Å². The second-order valence-corrected chi connectivity index (χ2v) is 5.54. The van der Waals surface area contributed by atoms with E-state index in [1.807, 2.05) is 32.9 Å². The molecular formula is C17H21N3O. The third-order valence-corrected chi connectivity index (χ3v) is 3.69. The van der Waals surface area contributed by atoms with Gasteiger partial charge in [-0.1, -0.05) is 12.1 Å². The Bertz CT molecular complexity index is 621. The Kier molecular flexibility index (Phi) is 3.78. The number of nitrogens with one attached hydrogen (secondary N) is 1. The average molecular weight is 283 g/mol. The highest BCUT2D eigenvalue weighted by Crippen LogP contribution is 2.43. The lowest BCUT2D eigenvalue weighted by atomic mass is 10.1. The highest BCUT2D eigenvalue weighted by atomic mass is 16.5. The maximum Gasteiger partial charge on any atom is 0.130 e. The summed E-state index contributed by atoms with van der Waals surface area (Å²) in [6, 6.07) is 10.8. The molecule has 1 aliphatic carbocycles. The molecule has 110 valence electrons. The molecule has 0 amide bonds. The van der Waals surface area contributed by atoms with Gasteiger partial charge in [0.05, 0.1) is 6.61 Å². The van der Waals surface area contributed by atoms with Gasteiger partial charge in [-0.3, -0.25) is 0 Å². The predicted octanol–water partition coefficient (Wildman–Crippen LogP) is 3.46. The van der Waals surface area contributed by atoms with Crippen molar-refractivity contribution in [1.82, 2.24) is 9.97 Å². The summed E-state index contributed by atoms with van der Waals surface area (Å²) in [5.41, 5.74) is 2.33. The molecule has 2 aromatic rings. The fourth-order valence-electron chi connectivity index (χ4n) is 2.71. The van der Waals surface area contributed by atoms with Crippen LogP contribution >= 0.6 is 0 Å². The van der Waals surface area contributed by atoms with Crippen LogP contribution in [0.3, 0.4) is 0 Å². The van der Waals surface area contributed by atoms with E-state index in [0.29, 0.717) is 18.6 Å². The van der Waals surface area contributed by atoms with Crippen molar-refractivity contribution in [2.45, 2.75) is 39.2 Å². The molecule has 1 aromatic carbocycles. The van der Waals surface area contributed by atoms with Crippen LogP contribution in [0.25, 0.3) is 0 Å². The maximum absolute atomic E-state index is 5.57. The Morgan fingerprint density at radius 1 is 1.24 bits per heavy atom. The minimum absolute atomic E-state index is 0.454. The van der Waals surface area contributed by atoms with Crippen LogP contribution in [0.5, 0.6) is 5.75 Å². The fraction of sp³-hybridized carbons (Fsp3) is 0.412. The molecule has 1 heterocycles. The van der Waals surface area contributed by atoms with Gasteiger partial charge < -0.3 is 10.1 Å². The number of nitrogens with zero attached hydrogens (tertiary/aromatic N) is 2. The number of ether oxygens (including phenoxy) is 1. The average Bonchev–Trinajstić information content (AvgIpc) is 3.17. The van der Waals surface area contributed by atoms with E-state index >= 15 is 0 Å². The molecule has 21 heavy (non-hydrogen) atoms. The Balaban J connectivity index is 1.67. The zero-order valence-corrected chi connectivity index (χ0v) is 12.8. The van der Waals surface area contributed by atoms with Crippen molar-refractivity contribution in [2.24, 2.45) is 0 Å². The normalized spacial score (nSPS) is 20.1. The molecule has 4 heteroatoms. The van der Waals surface area contributed by atoms with Crippen LogP contribution in [0, 0.1) is 13.8 Å². The Labute approximate surface area is 125 Å². The molecule has 0 radical (unpaired) electrons. The third kappa shape index (κ3) is 3.32. The first-order valence-corrected chi connectivity index (χ1v) is 7.47. The summed E-state index contributed by atoms with van der Waals surface area (Å²) in [5.74, 6) is 3.23. The smallest absolute Gasteiger partial charge is 0.130 e. The van der Waals surface area contributed by atoms with Crippen molar-refractivity contribution in [3.63, 3.8) is 0 Å². The third-order valence-electron chi connectivity index (χ3n) is 3.69. The maximum atomic E-state index is 5.57. The van der Waals surface area contributed by atoms with E-state index in [1.165, 1.54) is 5.56 Å². The van der Waals surface area contributed by atoms with Crippen molar-refractivity contribution in [3.05, 3.63) is 47.4 Å². The predicted molar refractivity (Wildman–Crippen MR) is 83.9 cm³/mol. The van der Waals surface area contributed by atoms with Gasteiger partial charge in [0.15, 0.2) is 0 Å². The van der Waals surface area contributed by atoms with Crippen LogP contribution < -0.4 is 10.1 Å². The summed E-state index contributed by atoms with van der Waals surface area (Å²) >= 11 is 0. The minimum atomic E-state index is 0.454. The van der Waals surface area contributed by atoms with Gasteiger partial charge in [0.25, 0.3) is 0 Å². The number of aromatic nitrogens is 2. The Morgan fingerprint density at radius 3 is 2.86 bits per heavy atom. The summed E-state index contributed by atoms with van der Waals surface area (Å²) in [6.07, 6.45) is 1.14. The lowest BCUT2D eigenvalue weighted by Crippen LogP contribution is -2.07. The summed E-state index contributed by atoms with van der Waals surface area (Å²) in [4.78, 5) is 8.75. The number of aryl methyl sites for hydroxylation is 2. The quantitative estimate of drug-likeness (QED) is 0.913. The van der Waals surface area contributed by atoms with Crippen LogP contribution in [-0.2, 0) is 0 Å². The zero-order chi connectivity index (χ0) is 14.8. The second kappa shape index (κ2) is 5.72. The monoisotopic (exact) mass is 283 g/mol. The van der Waals surface area contributed by atoms with Crippen LogP contribution in [0.15, 0.2) is 30.3 Å². The molecule has 0 saturated heterocycles. The molecule has 3 rings (SSSR count). The zero-order valence-electron chi connectivity index (χ0n) is 12.8. The number of benzene rings is 1. The van der Waals surface area contributed by atoms with Crippen LogP contribution in [0.4, 0.5) is 5.82 Å². The standard InChI is InChI=1S/C17H21N3O/c1-4-21-14-7-5-6-13(9-14)15-10-16(15)20-17-8-11(2)18-12(3)19-17/h5-9,15-16H,4,10H2,1-3H3,(H,18,19,20)/t15-,16-/m1/s1. The van der Waals surface area contributed by atoms with Crippen molar-refractivity contribution in [3.8, 4) is 5.75 Å². The van der Waals surface area contributed by atoms with Crippen molar-refractivity contribution >= 4 is 5.82 Å². The first-order valence-electron chi connectivity index (χ1n) is 7.47. The van der Waals surface area contributed by atoms with E-state index < -0.39 is 0 Å². The van der Waals surface area contributed by atoms with Crippen molar-refractivity contribution in [1.29, 1.82) is 0 Å². The molecule has 1 saturated carbocycles. The minimum Gasteiger partial charge on any atom is -0.494 e. The van der Waals surface area contributed by atoms with E-state index in [0.717, 1.165) is 29.5 Å². The Hall–Kier alpha value is -2.10. The number of hydrogen-bond donors (Lipinski definition) is 1. The van der Waals surface area contributed by atoms with Gasteiger partial charge in [0.2, 0.25) is 0 Å². The summed E-state index contributed by atoms with van der Waals surface area (Å²) < 4.78 is 5.57. The van der Waals surface area contributed by atoms with E-state index in [2.05, 4.69) is 33.5 Å². The first-order chi connectivity index (χ1) is 10.2. The molecule has 0 spiro atoms. The molecule has 1 aliphatic rings. The van der Waals surface area contributed by atoms with Gasteiger partial charge in [0.1, 0.15) is 17.4 Å². The lowest BCUT2D eigenvalue weighted by molar-refractivity contribution is 0.340. The van der Waals surface area contributed by atoms with Crippen molar-refractivity contribution in [2.75, 3.05) is 11.9 Å². The molecule has 0 unspecified atom stereocenters. The van der Waals surface area contributed by atoms with Crippen LogP contribution in [0.1, 0.15) is 36.3 Å². The summed E-state index contributed by atoms with van der Waals surface area (Å²) in [6.45, 7) is 6.63. The summed E-state index contributed by atoms with van der Waals surface area (Å²) in [5, 5.41) is 3.51. The fourth-order valence-corrected chi connectivity index (χ4v) is 2.71. The molecule has 2 atom stereocenters. The van der Waals surface area contributed by atoms with Gasteiger partial charge in [-0.05, 0) is 44.9 Å². The highest BCUT2D eigenvalue weighted by Gasteiger charge is 2.38. The SMILES string of the molecule is CCOc1cccc([C@H]2C[C@H]2Nc2cc(C)nc(C)n2)c1. The number of anilines is 1. The molecule has 0 bridgehead atoms. The van der Waals surface area contributed by atoms with E-state index in [9.17, 15) is 0 Å². The van der Waals surface area contributed by atoms with Gasteiger partial charge in [0, 0.05) is 23.7 Å². The van der Waals surface area contributed by atoms with Gasteiger partial charge in [-0.15, -0.1) is 0 Å². The molecule has 1 aromatic heterocycles. The van der Waals surface area contributed by atoms with Crippen LogP contribution in [-0.4, -0.2) is 22.6 Å². The van der Waals surface area contributed by atoms with Crippen molar-refractivity contribution < 1.29 is 4.74 Å². The number of rotatable bonds is 5. The van der Waals surface area contributed by atoms with Gasteiger partial charge >= 0.3 is 0 Å². The lowest BCUT2D eigenvalue weighted by Gasteiger charge is -2.08. The number of hydrogen-bond acceptors (Lipinski definition) is 4. The molecule has 4 nitrogen and oxygen atoms in total.